The molecule has 0 aliphatic heterocycles. The van der Waals surface area contributed by atoms with E-state index in [4.69, 9.17) is 9.84 Å². The summed E-state index contributed by atoms with van der Waals surface area (Å²) in [5.74, 6) is -1.00. The highest BCUT2D eigenvalue weighted by Crippen LogP contribution is 2.06. The third-order valence-corrected chi connectivity index (χ3v) is 2.12. The van der Waals surface area contributed by atoms with Gasteiger partial charge in [0, 0.05) is 26.4 Å². The Morgan fingerprint density at radius 3 is 3.00 bits per heavy atom. The number of methoxy groups -OCH3 is 1. The second-order valence-corrected chi connectivity index (χ2v) is 3.42. The predicted octanol–water partition coefficient (Wildman–Crippen LogP) is 0.253. The maximum atomic E-state index is 10.9. The third-order valence-electron chi connectivity index (χ3n) is 2.12. The lowest BCUT2D eigenvalue weighted by atomic mass is 10.2. The van der Waals surface area contributed by atoms with E-state index in [-0.39, 0.29) is 5.56 Å². The molecule has 0 atom stereocenters. The van der Waals surface area contributed by atoms with Gasteiger partial charge in [0.25, 0.3) is 0 Å². The Morgan fingerprint density at radius 2 is 2.38 bits per heavy atom. The molecule has 88 valence electrons. The molecule has 1 rings (SSSR count). The largest absolute Gasteiger partial charge is 0.478 e. The molecule has 6 nitrogen and oxygen atoms in total. The Bertz CT molecular complexity index is 357. The van der Waals surface area contributed by atoms with Crippen molar-refractivity contribution in [3.63, 3.8) is 0 Å². The minimum absolute atomic E-state index is 0.145. The molecule has 0 radical (unpaired) electrons. The van der Waals surface area contributed by atoms with Gasteiger partial charge in [-0.1, -0.05) is 0 Å². The number of aromatic carboxylic acids is 1. The SMILES string of the molecule is COCCN(C)Cc1ncncc1C(=O)O. The molecular formula is C10H15N3O3. The van der Waals surface area contributed by atoms with Crippen LogP contribution in [0.3, 0.4) is 0 Å². The van der Waals surface area contributed by atoms with E-state index in [1.165, 1.54) is 12.5 Å². The summed E-state index contributed by atoms with van der Waals surface area (Å²) >= 11 is 0. The molecule has 1 aromatic heterocycles. The van der Waals surface area contributed by atoms with Crippen molar-refractivity contribution >= 4 is 5.97 Å². The summed E-state index contributed by atoms with van der Waals surface area (Å²) < 4.78 is 4.94. The quantitative estimate of drug-likeness (QED) is 0.748. The number of likely N-dealkylation sites (N-methyl/N-ethyl adjacent to an activating group) is 1. The molecule has 0 spiro atoms. The number of hydrogen-bond donors (Lipinski definition) is 1. The van der Waals surface area contributed by atoms with Crippen molar-refractivity contribution in [3.8, 4) is 0 Å². The maximum absolute atomic E-state index is 10.9. The number of hydrogen-bond acceptors (Lipinski definition) is 5. The van der Waals surface area contributed by atoms with E-state index in [1.807, 2.05) is 11.9 Å². The first-order valence-electron chi connectivity index (χ1n) is 4.84. The maximum Gasteiger partial charge on any atom is 0.339 e. The number of rotatable bonds is 6. The fraction of sp³-hybridized carbons (Fsp3) is 0.500. The Hall–Kier alpha value is -1.53. The van der Waals surface area contributed by atoms with Gasteiger partial charge in [-0.05, 0) is 7.05 Å². The van der Waals surface area contributed by atoms with Crippen LogP contribution in [-0.4, -0.2) is 53.3 Å². The molecule has 0 amide bonds. The molecule has 0 unspecified atom stereocenters. The van der Waals surface area contributed by atoms with Crippen LogP contribution in [0.5, 0.6) is 0 Å². The van der Waals surface area contributed by atoms with Gasteiger partial charge in [0.15, 0.2) is 0 Å². The molecule has 6 heteroatoms. The molecule has 0 aromatic carbocycles. The van der Waals surface area contributed by atoms with Crippen LogP contribution < -0.4 is 0 Å². The first-order chi connectivity index (χ1) is 7.65. The smallest absolute Gasteiger partial charge is 0.339 e. The van der Waals surface area contributed by atoms with Gasteiger partial charge in [-0.25, -0.2) is 14.8 Å². The molecule has 1 aromatic rings. The molecule has 0 fully saturated rings. The summed E-state index contributed by atoms with van der Waals surface area (Å²) in [6.45, 7) is 1.79. The minimum Gasteiger partial charge on any atom is -0.478 e. The van der Waals surface area contributed by atoms with Gasteiger partial charge in [0.05, 0.1) is 12.3 Å². The van der Waals surface area contributed by atoms with Crippen LogP contribution in [0.1, 0.15) is 16.1 Å². The average molecular weight is 225 g/mol. The van der Waals surface area contributed by atoms with Crippen LogP contribution in [-0.2, 0) is 11.3 Å². The van der Waals surface area contributed by atoms with Crippen LogP contribution in [0, 0.1) is 0 Å². The zero-order valence-electron chi connectivity index (χ0n) is 9.38. The molecule has 0 saturated carbocycles. The summed E-state index contributed by atoms with van der Waals surface area (Å²) in [7, 11) is 3.51. The lowest BCUT2D eigenvalue weighted by Gasteiger charge is -2.16. The van der Waals surface area contributed by atoms with Crippen molar-refractivity contribution in [2.75, 3.05) is 27.3 Å². The number of ether oxygens (including phenoxy) is 1. The molecular weight excluding hydrogens is 210 g/mol. The fourth-order valence-electron chi connectivity index (χ4n) is 1.24. The molecule has 0 aliphatic carbocycles. The number of carboxylic acids is 1. The third kappa shape index (κ3) is 3.56. The van der Waals surface area contributed by atoms with Gasteiger partial charge in [-0.2, -0.15) is 0 Å². The number of carboxylic acid groups (broad SMARTS) is 1. The molecule has 0 saturated heterocycles. The molecule has 0 aliphatic rings. The van der Waals surface area contributed by atoms with Crippen molar-refractivity contribution < 1.29 is 14.6 Å². The van der Waals surface area contributed by atoms with Gasteiger partial charge in [-0.3, -0.25) is 4.90 Å². The summed E-state index contributed by atoms with van der Waals surface area (Å²) in [5, 5.41) is 8.93. The number of aromatic nitrogens is 2. The number of nitrogens with zero attached hydrogens (tertiary/aromatic N) is 3. The first kappa shape index (κ1) is 12.5. The van der Waals surface area contributed by atoms with Gasteiger partial charge >= 0.3 is 5.97 Å². The lowest BCUT2D eigenvalue weighted by molar-refractivity contribution is 0.0693. The van der Waals surface area contributed by atoms with Crippen LogP contribution >= 0.6 is 0 Å². The molecule has 16 heavy (non-hydrogen) atoms. The van der Waals surface area contributed by atoms with Crippen molar-refractivity contribution in [2.45, 2.75) is 6.54 Å². The minimum atomic E-state index is -1.00. The van der Waals surface area contributed by atoms with E-state index in [0.717, 1.165) is 6.54 Å². The van der Waals surface area contributed by atoms with E-state index in [9.17, 15) is 4.79 Å². The molecule has 1 heterocycles. The summed E-state index contributed by atoms with van der Waals surface area (Å²) in [4.78, 5) is 20.5. The summed E-state index contributed by atoms with van der Waals surface area (Å²) in [6, 6.07) is 0. The highest BCUT2D eigenvalue weighted by molar-refractivity contribution is 5.88. The summed E-state index contributed by atoms with van der Waals surface area (Å²) in [5.41, 5.74) is 0.660. The second kappa shape index (κ2) is 6.14. The second-order valence-electron chi connectivity index (χ2n) is 3.42. The van der Waals surface area contributed by atoms with Gasteiger partial charge in [0.1, 0.15) is 11.9 Å². The zero-order valence-corrected chi connectivity index (χ0v) is 9.38. The van der Waals surface area contributed by atoms with Gasteiger partial charge in [-0.15, -0.1) is 0 Å². The standard InChI is InChI=1S/C10H15N3O3/c1-13(3-4-16-2)6-9-8(10(14)15)5-11-7-12-9/h5,7H,3-4,6H2,1-2H3,(H,14,15). The Kier molecular flexibility index (Phi) is 4.81. The van der Waals surface area contributed by atoms with E-state index in [1.54, 1.807) is 7.11 Å². The first-order valence-corrected chi connectivity index (χ1v) is 4.84. The molecule has 0 bridgehead atoms. The van der Waals surface area contributed by atoms with Gasteiger partial charge in [0.2, 0.25) is 0 Å². The van der Waals surface area contributed by atoms with Crippen molar-refractivity contribution in [1.82, 2.24) is 14.9 Å². The summed E-state index contributed by atoms with van der Waals surface area (Å²) in [6.07, 6.45) is 2.67. The van der Waals surface area contributed by atoms with Crippen molar-refractivity contribution in [1.29, 1.82) is 0 Å². The lowest BCUT2D eigenvalue weighted by Crippen LogP contribution is -2.24. The van der Waals surface area contributed by atoms with Crippen LogP contribution in [0.2, 0.25) is 0 Å². The fourth-order valence-corrected chi connectivity index (χ4v) is 1.24. The van der Waals surface area contributed by atoms with Crippen molar-refractivity contribution in [3.05, 3.63) is 23.8 Å². The number of carbonyl (C=O) groups is 1. The van der Waals surface area contributed by atoms with Crippen LogP contribution in [0.25, 0.3) is 0 Å². The predicted molar refractivity (Wildman–Crippen MR) is 57.2 cm³/mol. The zero-order chi connectivity index (χ0) is 12.0. The van der Waals surface area contributed by atoms with Crippen LogP contribution in [0.15, 0.2) is 12.5 Å². The Morgan fingerprint density at radius 1 is 1.62 bits per heavy atom. The van der Waals surface area contributed by atoms with E-state index >= 15 is 0 Å². The van der Waals surface area contributed by atoms with Gasteiger partial charge < -0.3 is 9.84 Å². The van der Waals surface area contributed by atoms with E-state index in [2.05, 4.69) is 9.97 Å². The van der Waals surface area contributed by atoms with E-state index < -0.39 is 5.97 Å². The normalized spacial score (nSPS) is 10.7. The topological polar surface area (TPSA) is 75.5 Å². The molecule has 1 N–H and O–H groups in total. The average Bonchev–Trinajstić information content (AvgIpc) is 2.27. The Balaban J connectivity index is 2.69. The van der Waals surface area contributed by atoms with E-state index in [0.29, 0.717) is 18.8 Å². The van der Waals surface area contributed by atoms with Crippen LogP contribution in [0.4, 0.5) is 0 Å². The highest BCUT2D eigenvalue weighted by atomic mass is 16.5. The van der Waals surface area contributed by atoms with Crippen molar-refractivity contribution in [2.24, 2.45) is 0 Å². The highest BCUT2D eigenvalue weighted by Gasteiger charge is 2.12. The Labute approximate surface area is 93.9 Å². The monoisotopic (exact) mass is 225 g/mol.